The number of hydrogen-bond acceptors (Lipinski definition) is 6. The average molecular weight is 346 g/mol. The number of nitrogens with two attached hydrogens (primary N) is 1. The fourth-order valence-corrected chi connectivity index (χ4v) is 3.43. The molecule has 1 saturated carbocycles. The van der Waals surface area contributed by atoms with Crippen LogP contribution in [0, 0.1) is 5.92 Å². The van der Waals surface area contributed by atoms with E-state index in [0.717, 1.165) is 43.2 Å². The molecule has 0 atom stereocenters. The fourth-order valence-electron chi connectivity index (χ4n) is 3.43. The summed E-state index contributed by atoms with van der Waals surface area (Å²) in [6.45, 7) is 5.61. The summed E-state index contributed by atoms with van der Waals surface area (Å²) in [5, 5.41) is 10.9. The van der Waals surface area contributed by atoms with Crippen LogP contribution in [0.2, 0.25) is 0 Å². The number of carbonyl (C=O) groups excluding carboxylic acids is 1. The standard InChI is InChI=1S/C18H26N4O3/c1-18(2,3)24-17(23)20-14-6-4-11(5-7-14)8-12-9-13(19)10-15-16(12)22-25-21-15/h9-11,14H,4-8,19H2,1-3H3,(H,20,23). The molecule has 2 aromatic rings. The number of ether oxygens (including phenoxy) is 1. The highest BCUT2D eigenvalue weighted by atomic mass is 16.6. The Morgan fingerprint density at radius 3 is 2.68 bits per heavy atom. The number of hydrogen-bond donors (Lipinski definition) is 2. The van der Waals surface area contributed by atoms with Gasteiger partial charge in [0.2, 0.25) is 0 Å². The van der Waals surface area contributed by atoms with E-state index in [1.165, 1.54) is 0 Å². The van der Waals surface area contributed by atoms with Crippen LogP contribution in [0.25, 0.3) is 11.0 Å². The summed E-state index contributed by atoms with van der Waals surface area (Å²) in [6, 6.07) is 3.91. The van der Waals surface area contributed by atoms with Crippen LogP contribution < -0.4 is 11.1 Å². The van der Waals surface area contributed by atoms with Crippen LogP contribution >= 0.6 is 0 Å². The van der Waals surface area contributed by atoms with E-state index < -0.39 is 5.60 Å². The number of nitrogens with one attached hydrogen (secondary N) is 1. The van der Waals surface area contributed by atoms with E-state index in [1.54, 1.807) is 6.07 Å². The Morgan fingerprint density at radius 1 is 1.28 bits per heavy atom. The minimum absolute atomic E-state index is 0.181. The Labute approximate surface area is 147 Å². The highest BCUT2D eigenvalue weighted by Crippen LogP contribution is 2.30. The first-order chi connectivity index (χ1) is 11.8. The van der Waals surface area contributed by atoms with Gasteiger partial charge in [0.1, 0.15) is 16.6 Å². The van der Waals surface area contributed by atoms with Crippen molar-refractivity contribution in [3.8, 4) is 0 Å². The molecule has 0 bridgehead atoms. The minimum Gasteiger partial charge on any atom is -0.444 e. The number of anilines is 1. The molecule has 1 amide bonds. The first-order valence-corrected chi connectivity index (χ1v) is 8.80. The van der Waals surface area contributed by atoms with Crippen molar-refractivity contribution in [1.29, 1.82) is 0 Å². The minimum atomic E-state index is -0.467. The van der Waals surface area contributed by atoms with Crippen LogP contribution in [-0.2, 0) is 11.2 Å². The van der Waals surface area contributed by atoms with Gasteiger partial charge in [-0.25, -0.2) is 9.42 Å². The van der Waals surface area contributed by atoms with Crippen LogP contribution in [0.3, 0.4) is 0 Å². The molecular formula is C18H26N4O3. The lowest BCUT2D eigenvalue weighted by molar-refractivity contribution is 0.0487. The molecule has 1 aliphatic carbocycles. The van der Waals surface area contributed by atoms with E-state index >= 15 is 0 Å². The highest BCUT2D eigenvalue weighted by molar-refractivity contribution is 5.81. The first kappa shape index (κ1) is 17.5. The van der Waals surface area contributed by atoms with Gasteiger partial charge in [-0.15, -0.1) is 0 Å². The maximum atomic E-state index is 11.9. The molecule has 25 heavy (non-hydrogen) atoms. The topological polar surface area (TPSA) is 103 Å². The number of fused-ring (bicyclic) bond motifs is 1. The van der Waals surface area contributed by atoms with Crippen LogP contribution in [0.5, 0.6) is 0 Å². The van der Waals surface area contributed by atoms with Crippen molar-refractivity contribution in [2.75, 3.05) is 5.73 Å². The summed E-state index contributed by atoms with van der Waals surface area (Å²) in [5.41, 5.74) is 8.74. The number of nitrogens with zero attached hydrogens (tertiary/aromatic N) is 2. The average Bonchev–Trinajstić information content (AvgIpc) is 2.95. The summed E-state index contributed by atoms with van der Waals surface area (Å²) in [6.07, 6.45) is 4.56. The second kappa shape index (κ2) is 6.90. The first-order valence-electron chi connectivity index (χ1n) is 8.80. The zero-order valence-electron chi connectivity index (χ0n) is 15.0. The smallest absolute Gasteiger partial charge is 0.407 e. The van der Waals surface area contributed by atoms with Crippen LogP contribution in [-0.4, -0.2) is 28.0 Å². The molecule has 136 valence electrons. The molecule has 1 fully saturated rings. The molecular weight excluding hydrogens is 320 g/mol. The Balaban J connectivity index is 1.54. The van der Waals surface area contributed by atoms with Gasteiger partial charge >= 0.3 is 6.09 Å². The number of nitrogen functional groups attached to an aromatic ring is 1. The van der Waals surface area contributed by atoms with Gasteiger partial charge in [-0.2, -0.15) is 0 Å². The Morgan fingerprint density at radius 2 is 2.00 bits per heavy atom. The number of carbonyl (C=O) groups is 1. The monoisotopic (exact) mass is 346 g/mol. The van der Waals surface area contributed by atoms with Gasteiger partial charge in [0.15, 0.2) is 0 Å². The van der Waals surface area contributed by atoms with Gasteiger partial charge in [0.05, 0.1) is 0 Å². The summed E-state index contributed by atoms with van der Waals surface area (Å²) in [5.74, 6) is 0.540. The van der Waals surface area contributed by atoms with E-state index in [1.807, 2.05) is 26.8 Å². The molecule has 1 heterocycles. The SMILES string of the molecule is CC(C)(C)OC(=O)NC1CCC(Cc2cc(N)cc3nonc23)CC1. The summed E-state index contributed by atoms with van der Waals surface area (Å²) >= 11 is 0. The second-order valence-electron chi connectivity index (χ2n) is 7.88. The van der Waals surface area contributed by atoms with Crippen molar-refractivity contribution >= 4 is 22.8 Å². The Bertz CT molecular complexity index is 742. The molecule has 0 saturated heterocycles. The normalized spacial score (nSPS) is 21.2. The molecule has 0 radical (unpaired) electrons. The molecule has 0 aliphatic heterocycles. The molecule has 0 spiro atoms. The maximum Gasteiger partial charge on any atom is 0.407 e. The van der Waals surface area contributed by atoms with E-state index in [0.29, 0.717) is 17.1 Å². The zero-order valence-corrected chi connectivity index (χ0v) is 15.0. The van der Waals surface area contributed by atoms with Gasteiger partial charge in [-0.1, -0.05) is 0 Å². The molecule has 1 aromatic heterocycles. The molecule has 1 aliphatic rings. The van der Waals surface area contributed by atoms with Crippen molar-refractivity contribution in [3.05, 3.63) is 17.7 Å². The predicted molar refractivity (Wildman–Crippen MR) is 95.0 cm³/mol. The molecule has 1 aromatic carbocycles. The maximum absolute atomic E-state index is 11.9. The fraction of sp³-hybridized carbons (Fsp3) is 0.611. The van der Waals surface area contributed by atoms with Crippen molar-refractivity contribution < 1.29 is 14.2 Å². The van der Waals surface area contributed by atoms with Gasteiger partial charge in [0, 0.05) is 11.7 Å². The van der Waals surface area contributed by atoms with Crippen LogP contribution in [0.15, 0.2) is 16.8 Å². The molecule has 7 heteroatoms. The summed E-state index contributed by atoms with van der Waals surface area (Å²) < 4.78 is 10.2. The number of rotatable bonds is 3. The second-order valence-corrected chi connectivity index (χ2v) is 7.88. The predicted octanol–water partition coefficient (Wildman–Crippen LogP) is 3.43. The number of benzene rings is 1. The highest BCUT2D eigenvalue weighted by Gasteiger charge is 2.25. The lowest BCUT2D eigenvalue weighted by Gasteiger charge is -2.30. The largest absolute Gasteiger partial charge is 0.444 e. The Kier molecular flexibility index (Phi) is 4.83. The summed E-state index contributed by atoms with van der Waals surface area (Å²) in [7, 11) is 0. The van der Waals surface area contributed by atoms with Gasteiger partial charge in [-0.3, -0.25) is 0 Å². The molecule has 3 N–H and O–H groups in total. The van der Waals surface area contributed by atoms with Crippen molar-refractivity contribution in [3.63, 3.8) is 0 Å². The quantitative estimate of drug-likeness (QED) is 0.825. The molecule has 0 unspecified atom stereocenters. The zero-order chi connectivity index (χ0) is 18.0. The van der Waals surface area contributed by atoms with Crippen LogP contribution in [0.1, 0.15) is 52.0 Å². The van der Waals surface area contributed by atoms with Gasteiger partial charge in [0.25, 0.3) is 0 Å². The number of alkyl carbamates (subject to hydrolysis) is 1. The summed E-state index contributed by atoms with van der Waals surface area (Å²) in [4.78, 5) is 11.9. The third kappa shape index (κ3) is 4.61. The van der Waals surface area contributed by atoms with Gasteiger partial charge < -0.3 is 15.8 Å². The van der Waals surface area contributed by atoms with E-state index in [2.05, 4.69) is 15.6 Å². The van der Waals surface area contributed by atoms with Crippen molar-refractivity contribution in [1.82, 2.24) is 15.6 Å². The lowest BCUT2D eigenvalue weighted by Crippen LogP contribution is -2.41. The van der Waals surface area contributed by atoms with Crippen molar-refractivity contribution in [2.45, 2.75) is 64.5 Å². The van der Waals surface area contributed by atoms with Crippen molar-refractivity contribution in [2.24, 2.45) is 5.92 Å². The lowest BCUT2D eigenvalue weighted by atomic mass is 9.82. The molecule has 3 rings (SSSR count). The third-order valence-corrected chi connectivity index (χ3v) is 4.54. The van der Waals surface area contributed by atoms with E-state index in [4.69, 9.17) is 15.1 Å². The number of amides is 1. The number of aromatic nitrogens is 2. The third-order valence-electron chi connectivity index (χ3n) is 4.54. The van der Waals surface area contributed by atoms with Crippen LogP contribution in [0.4, 0.5) is 10.5 Å². The van der Waals surface area contributed by atoms with E-state index in [9.17, 15) is 4.79 Å². The molecule has 7 nitrogen and oxygen atoms in total. The van der Waals surface area contributed by atoms with E-state index in [-0.39, 0.29) is 12.1 Å². The van der Waals surface area contributed by atoms with Gasteiger partial charge in [-0.05, 0) is 86.8 Å². The Hall–Kier alpha value is -2.31.